The number of aromatic nitrogens is 1. The van der Waals surface area contributed by atoms with Gasteiger partial charge in [0.1, 0.15) is 11.6 Å². The zero-order valence-corrected chi connectivity index (χ0v) is 10.6. The second-order valence-electron chi connectivity index (χ2n) is 4.11. The van der Waals surface area contributed by atoms with Crippen molar-refractivity contribution in [2.24, 2.45) is 0 Å². The van der Waals surface area contributed by atoms with Crippen LogP contribution in [-0.2, 0) is 4.74 Å². The third-order valence-corrected chi connectivity index (χ3v) is 2.82. The van der Waals surface area contributed by atoms with Gasteiger partial charge in [-0.1, -0.05) is 6.07 Å². The number of halogens is 1. The lowest BCUT2D eigenvalue weighted by Gasteiger charge is -2.11. The maximum absolute atomic E-state index is 13.4. The quantitative estimate of drug-likeness (QED) is 0.843. The molecule has 2 aromatic rings. The van der Waals surface area contributed by atoms with Crippen molar-refractivity contribution >= 4 is 11.8 Å². The minimum absolute atomic E-state index is 0.207. The van der Waals surface area contributed by atoms with E-state index in [2.05, 4.69) is 4.98 Å². The van der Waals surface area contributed by atoms with Gasteiger partial charge >= 0.3 is 5.97 Å². The van der Waals surface area contributed by atoms with E-state index in [0.717, 1.165) is 5.56 Å². The number of hydrogen-bond acceptors (Lipinski definition) is 4. The predicted molar refractivity (Wildman–Crippen MR) is 70.1 cm³/mol. The van der Waals surface area contributed by atoms with E-state index in [0.29, 0.717) is 11.1 Å². The number of carbonyl (C=O) groups excluding carboxylic acids is 1. The van der Waals surface area contributed by atoms with Crippen LogP contribution in [0.25, 0.3) is 11.1 Å². The smallest absolute Gasteiger partial charge is 0.338 e. The number of pyridine rings is 1. The summed E-state index contributed by atoms with van der Waals surface area (Å²) in [6, 6.07) is 5.78. The van der Waals surface area contributed by atoms with Crippen molar-refractivity contribution in [3.8, 4) is 11.1 Å². The van der Waals surface area contributed by atoms with Gasteiger partial charge in [0, 0.05) is 11.8 Å². The molecule has 0 bridgehead atoms. The van der Waals surface area contributed by atoms with Crippen LogP contribution >= 0.6 is 0 Å². The number of nitrogen functional groups attached to an aromatic ring is 1. The van der Waals surface area contributed by atoms with Gasteiger partial charge in [-0.2, -0.15) is 0 Å². The Bertz CT molecular complexity index is 641. The molecule has 1 aromatic heterocycles. The fraction of sp³-hybridized carbons (Fsp3) is 0.143. The van der Waals surface area contributed by atoms with E-state index in [1.165, 1.54) is 31.5 Å². The van der Waals surface area contributed by atoms with Crippen molar-refractivity contribution in [3.05, 3.63) is 47.4 Å². The molecule has 0 saturated carbocycles. The summed E-state index contributed by atoms with van der Waals surface area (Å²) in [6.45, 7) is 1.83. The maximum atomic E-state index is 13.4. The number of rotatable bonds is 2. The van der Waals surface area contributed by atoms with E-state index >= 15 is 0 Å². The first-order chi connectivity index (χ1) is 9.02. The number of ether oxygens (including phenoxy) is 1. The van der Waals surface area contributed by atoms with Gasteiger partial charge in [-0.25, -0.2) is 14.2 Å². The van der Waals surface area contributed by atoms with Crippen LogP contribution in [0.15, 0.2) is 30.5 Å². The van der Waals surface area contributed by atoms with Gasteiger partial charge in [0.2, 0.25) is 0 Å². The second-order valence-corrected chi connectivity index (χ2v) is 4.11. The standard InChI is InChI=1S/C14H13FN2O2/c1-8-3-4-9(15)5-10(8)12-7-17-13(16)6-11(12)14(18)19-2/h3-7H,1-2H3,(H2,16,17). The maximum Gasteiger partial charge on any atom is 0.338 e. The Kier molecular flexibility index (Phi) is 3.46. The van der Waals surface area contributed by atoms with Gasteiger partial charge < -0.3 is 10.5 Å². The molecule has 1 heterocycles. The van der Waals surface area contributed by atoms with Crippen molar-refractivity contribution in [3.63, 3.8) is 0 Å². The Balaban J connectivity index is 2.68. The first-order valence-corrected chi connectivity index (χ1v) is 5.63. The topological polar surface area (TPSA) is 65.2 Å². The summed E-state index contributed by atoms with van der Waals surface area (Å²) in [6.07, 6.45) is 1.45. The van der Waals surface area contributed by atoms with Crippen molar-refractivity contribution in [1.29, 1.82) is 0 Å². The minimum Gasteiger partial charge on any atom is -0.465 e. The van der Waals surface area contributed by atoms with Crippen LogP contribution in [0.5, 0.6) is 0 Å². The van der Waals surface area contributed by atoms with Gasteiger partial charge in [0.15, 0.2) is 0 Å². The van der Waals surface area contributed by atoms with Crippen molar-refractivity contribution in [2.45, 2.75) is 6.92 Å². The van der Waals surface area contributed by atoms with E-state index < -0.39 is 5.97 Å². The molecule has 2 N–H and O–H groups in total. The molecule has 0 saturated heterocycles. The number of aryl methyl sites for hydroxylation is 1. The molecule has 0 amide bonds. The molecule has 0 unspecified atom stereocenters. The number of hydrogen-bond donors (Lipinski definition) is 1. The van der Waals surface area contributed by atoms with Crippen LogP contribution in [-0.4, -0.2) is 18.1 Å². The lowest BCUT2D eigenvalue weighted by atomic mass is 9.97. The highest BCUT2D eigenvalue weighted by Crippen LogP contribution is 2.28. The van der Waals surface area contributed by atoms with Gasteiger partial charge in [-0.3, -0.25) is 0 Å². The number of nitrogens with two attached hydrogens (primary N) is 1. The van der Waals surface area contributed by atoms with Crippen molar-refractivity contribution in [2.75, 3.05) is 12.8 Å². The van der Waals surface area contributed by atoms with E-state index in [-0.39, 0.29) is 17.2 Å². The Hall–Kier alpha value is -2.43. The fourth-order valence-corrected chi connectivity index (χ4v) is 1.85. The fourth-order valence-electron chi connectivity index (χ4n) is 1.85. The molecule has 0 aliphatic rings. The lowest BCUT2D eigenvalue weighted by Crippen LogP contribution is -2.06. The summed E-state index contributed by atoms with van der Waals surface area (Å²) in [4.78, 5) is 15.7. The molecule has 1 aromatic carbocycles. The number of nitrogens with zero attached hydrogens (tertiary/aromatic N) is 1. The summed E-state index contributed by atoms with van der Waals surface area (Å²) < 4.78 is 18.1. The van der Waals surface area contributed by atoms with Crippen LogP contribution in [0.1, 0.15) is 15.9 Å². The molecule has 0 radical (unpaired) electrons. The summed E-state index contributed by atoms with van der Waals surface area (Å²) in [5, 5.41) is 0. The zero-order chi connectivity index (χ0) is 14.0. The Labute approximate surface area is 110 Å². The van der Waals surface area contributed by atoms with Gasteiger partial charge in [-0.05, 0) is 36.2 Å². The van der Waals surface area contributed by atoms with Gasteiger partial charge in [0.25, 0.3) is 0 Å². The van der Waals surface area contributed by atoms with E-state index in [4.69, 9.17) is 10.5 Å². The lowest BCUT2D eigenvalue weighted by molar-refractivity contribution is 0.0601. The molecule has 2 rings (SSSR count). The zero-order valence-electron chi connectivity index (χ0n) is 10.6. The van der Waals surface area contributed by atoms with E-state index in [1.807, 2.05) is 6.92 Å². The van der Waals surface area contributed by atoms with Crippen LogP contribution in [0.3, 0.4) is 0 Å². The Morgan fingerprint density at radius 2 is 2.05 bits per heavy atom. The van der Waals surface area contributed by atoms with Crippen LogP contribution in [0.4, 0.5) is 10.2 Å². The van der Waals surface area contributed by atoms with Crippen LogP contribution in [0.2, 0.25) is 0 Å². The molecule has 0 fully saturated rings. The van der Waals surface area contributed by atoms with E-state index in [1.54, 1.807) is 6.07 Å². The third kappa shape index (κ3) is 2.54. The highest BCUT2D eigenvalue weighted by molar-refractivity contribution is 5.98. The van der Waals surface area contributed by atoms with Gasteiger partial charge in [0.05, 0.1) is 12.7 Å². The number of methoxy groups -OCH3 is 1. The van der Waals surface area contributed by atoms with Crippen LogP contribution < -0.4 is 5.73 Å². The monoisotopic (exact) mass is 260 g/mol. The van der Waals surface area contributed by atoms with Gasteiger partial charge in [-0.15, -0.1) is 0 Å². The van der Waals surface area contributed by atoms with Crippen molar-refractivity contribution in [1.82, 2.24) is 4.98 Å². The molecule has 5 heteroatoms. The predicted octanol–water partition coefficient (Wildman–Crippen LogP) is 2.56. The Morgan fingerprint density at radius 3 is 2.74 bits per heavy atom. The molecule has 0 aliphatic heterocycles. The number of benzene rings is 1. The molecule has 0 spiro atoms. The third-order valence-electron chi connectivity index (χ3n) is 2.82. The molecular formula is C14H13FN2O2. The van der Waals surface area contributed by atoms with E-state index in [9.17, 15) is 9.18 Å². The normalized spacial score (nSPS) is 10.3. The summed E-state index contributed by atoms with van der Waals surface area (Å²) >= 11 is 0. The first-order valence-electron chi connectivity index (χ1n) is 5.63. The Morgan fingerprint density at radius 1 is 1.32 bits per heavy atom. The van der Waals surface area contributed by atoms with Crippen LogP contribution in [0, 0.1) is 12.7 Å². The number of carbonyl (C=O) groups is 1. The number of esters is 1. The largest absolute Gasteiger partial charge is 0.465 e. The minimum atomic E-state index is -0.534. The molecule has 19 heavy (non-hydrogen) atoms. The highest BCUT2D eigenvalue weighted by Gasteiger charge is 2.16. The number of anilines is 1. The SMILES string of the molecule is COC(=O)c1cc(N)ncc1-c1cc(F)ccc1C. The van der Waals surface area contributed by atoms with Crippen molar-refractivity contribution < 1.29 is 13.9 Å². The first kappa shape index (κ1) is 13.0. The molecule has 0 atom stereocenters. The summed E-state index contributed by atoms with van der Waals surface area (Å²) in [7, 11) is 1.28. The second kappa shape index (κ2) is 5.06. The summed E-state index contributed by atoms with van der Waals surface area (Å²) in [5.41, 5.74) is 7.76. The summed E-state index contributed by atoms with van der Waals surface area (Å²) in [5.74, 6) is -0.709. The molecule has 4 nitrogen and oxygen atoms in total. The average Bonchev–Trinajstić information content (AvgIpc) is 2.41. The highest BCUT2D eigenvalue weighted by atomic mass is 19.1. The molecule has 98 valence electrons. The average molecular weight is 260 g/mol. The molecule has 0 aliphatic carbocycles. The molecular weight excluding hydrogens is 247 g/mol.